The predicted octanol–water partition coefficient (Wildman–Crippen LogP) is 3.04. The number of alkyl halides is 2. The van der Waals surface area contributed by atoms with E-state index in [1.165, 1.54) is 10.9 Å². The molecular weight excluding hydrogens is 352 g/mol. The van der Waals surface area contributed by atoms with E-state index in [1.54, 1.807) is 6.20 Å². The van der Waals surface area contributed by atoms with E-state index >= 15 is 0 Å². The Morgan fingerprint density at radius 2 is 1.96 bits per heavy atom. The van der Waals surface area contributed by atoms with Gasteiger partial charge in [0.1, 0.15) is 5.69 Å². The molecule has 0 bridgehead atoms. The number of hydrogen-bond acceptors (Lipinski definition) is 5. The first-order valence-electron chi connectivity index (χ1n) is 8.92. The van der Waals surface area contributed by atoms with E-state index in [1.807, 2.05) is 24.3 Å². The molecule has 6 nitrogen and oxygen atoms in total. The first kappa shape index (κ1) is 17.5. The molecule has 0 amide bonds. The van der Waals surface area contributed by atoms with Crippen molar-refractivity contribution >= 4 is 16.6 Å². The Kier molecular flexibility index (Phi) is 4.79. The maximum Gasteiger partial charge on any atom is 0.280 e. The topological polar surface area (TPSA) is 63.9 Å². The summed E-state index contributed by atoms with van der Waals surface area (Å²) in [6, 6.07) is 8.95. The Labute approximate surface area is 154 Å². The highest BCUT2D eigenvalue weighted by molar-refractivity contribution is 5.91. The molecule has 3 heterocycles. The van der Waals surface area contributed by atoms with Gasteiger partial charge in [0.05, 0.1) is 12.5 Å². The molecule has 27 heavy (non-hydrogen) atoms. The molecule has 4 rings (SSSR count). The van der Waals surface area contributed by atoms with E-state index in [0.29, 0.717) is 12.5 Å². The van der Waals surface area contributed by atoms with Gasteiger partial charge in [0.15, 0.2) is 5.82 Å². The van der Waals surface area contributed by atoms with Crippen LogP contribution in [0.2, 0.25) is 0 Å². The third-order valence-corrected chi connectivity index (χ3v) is 5.04. The van der Waals surface area contributed by atoms with Crippen LogP contribution in [0.4, 0.5) is 14.6 Å². The number of rotatable bonds is 4. The highest BCUT2D eigenvalue weighted by atomic mass is 19.3. The summed E-state index contributed by atoms with van der Waals surface area (Å²) < 4.78 is 26.7. The normalized spacial score (nSPS) is 15.6. The van der Waals surface area contributed by atoms with Crippen LogP contribution in [0.3, 0.4) is 0 Å². The van der Waals surface area contributed by atoms with Crippen LogP contribution in [-0.2, 0) is 6.54 Å². The van der Waals surface area contributed by atoms with E-state index in [-0.39, 0.29) is 0 Å². The van der Waals surface area contributed by atoms with Gasteiger partial charge in [-0.05, 0) is 18.8 Å². The summed E-state index contributed by atoms with van der Waals surface area (Å²) in [6.45, 7) is 2.11. The minimum Gasteiger partial charge on any atom is -0.355 e. The van der Waals surface area contributed by atoms with E-state index in [0.717, 1.165) is 48.6 Å². The molecular formula is C19H19F2N5O. The molecule has 0 N–H and O–H groups in total. The number of piperidine rings is 1. The molecule has 1 aliphatic rings. The summed E-state index contributed by atoms with van der Waals surface area (Å²) in [5, 5.41) is 10.6. The van der Waals surface area contributed by atoms with Gasteiger partial charge in [-0.15, -0.1) is 5.10 Å². The molecule has 8 heteroatoms. The maximum atomic E-state index is 12.6. The fourth-order valence-electron chi connectivity index (χ4n) is 3.55. The summed E-state index contributed by atoms with van der Waals surface area (Å²) in [5.74, 6) is 1.17. The molecule has 3 aromatic rings. The highest BCUT2D eigenvalue weighted by Gasteiger charge is 2.22. The van der Waals surface area contributed by atoms with E-state index in [2.05, 4.69) is 20.1 Å². The third-order valence-electron chi connectivity index (χ3n) is 5.04. The Morgan fingerprint density at radius 1 is 1.19 bits per heavy atom. The zero-order chi connectivity index (χ0) is 18.8. The van der Waals surface area contributed by atoms with Gasteiger partial charge in [-0.2, -0.15) is 5.10 Å². The van der Waals surface area contributed by atoms with Gasteiger partial charge in [-0.1, -0.05) is 24.3 Å². The summed E-state index contributed by atoms with van der Waals surface area (Å²) in [5.41, 5.74) is -0.900. The number of aromatic nitrogens is 4. The van der Waals surface area contributed by atoms with Crippen molar-refractivity contribution in [1.29, 1.82) is 0 Å². The van der Waals surface area contributed by atoms with Crippen molar-refractivity contribution in [3.63, 3.8) is 0 Å². The lowest BCUT2D eigenvalue weighted by atomic mass is 9.96. The Balaban J connectivity index is 1.44. The van der Waals surface area contributed by atoms with Crippen molar-refractivity contribution in [2.24, 2.45) is 5.92 Å². The van der Waals surface area contributed by atoms with Crippen LogP contribution in [0.1, 0.15) is 25.0 Å². The SMILES string of the molecule is O=c1cc(C(F)F)ncn1CC1CCN(c2nncc3ccccc23)CC1. The van der Waals surface area contributed by atoms with Crippen molar-refractivity contribution in [2.45, 2.75) is 25.8 Å². The van der Waals surface area contributed by atoms with Crippen molar-refractivity contribution in [1.82, 2.24) is 19.7 Å². The van der Waals surface area contributed by atoms with Gasteiger partial charge in [-0.3, -0.25) is 9.36 Å². The Bertz CT molecular complexity index is 993. The summed E-state index contributed by atoms with van der Waals surface area (Å²) >= 11 is 0. The Morgan fingerprint density at radius 3 is 2.70 bits per heavy atom. The number of nitrogens with zero attached hydrogens (tertiary/aromatic N) is 5. The largest absolute Gasteiger partial charge is 0.355 e. The van der Waals surface area contributed by atoms with Gasteiger partial charge in [0.25, 0.3) is 12.0 Å². The number of hydrogen-bond donors (Lipinski definition) is 0. The first-order valence-corrected chi connectivity index (χ1v) is 8.92. The van der Waals surface area contributed by atoms with Crippen LogP contribution in [0, 0.1) is 5.92 Å². The second-order valence-electron chi connectivity index (χ2n) is 6.79. The standard InChI is InChI=1S/C19H19F2N5O/c20-18(21)16-9-17(27)26(12-22-16)11-13-5-7-25(8-6-13)19-15-4-2-1-3-14(15)10-23-24-19/h1-4,9-10,12-13,18H,5-8,11H2. The number of anilines is 1. The van der Waals surface area contributed by atoms with Gasteiger partial charge in [0, 0.05) is 36.5 Å². The van der Waals surface area contributed by atoms with Crippen LogP contribution < -0.4 is 10.5 Å². The average molecular weight is 371 g/mol. The third kappa shape index (κ3) is 3.65. The molecule has 0 radical (unpaired) electrons. The van der Waals surface area contributed by atoms with Crippen LogP contribution in [0.5, 0.6) is 0 Å². The fourth-order valence-corrected chi connectivity index (χ4v) is 3.55. The summed E-state index contributed by atoms with van der Waals surface area (Å²) in [4.78, 5) is 17.9. The molecule has 0 saturated carbocycles. The van der Waals surface area contributed by atoms with Crippen molar-refractivity contribution in [3.8, 4) is 0 Å². The minimum absolute atomic E-state index is 0.293. The zero-order valence-electron chi connectivity index (χ0n) is 14.6. The lowest BCUT2D eigenvalue weighted by molar-refractivity contribution is 0.145. The van der Waals surface area contributed by atoms with Crippen molar-refractivity contribution < 1.29 is 8.78 Å². The average Bonchev–Trinajstić information content (AvgIpc) is 2.69. The molecule has 0 aliphatic carbocycles. The highest BCUT2D eigenvalue weighted by Crippen LogP contribution is 2.28. The van der Waals surface area contributed by atoms with Crippen LogP contribution >= 0.6 is 0 Å². The summed E-state index contributed by atoms with van der Waals surface area (Å²) in [7, 11) is 0. The summed E-state index contributed by atoms with van der Waals surface area (Å²) in [6.07, 6.45) is 2.03. The maximum absolute atomic E-state index is 12.6. The van der Waals surface area contributed by atoms with Gasteiger partial charge < -0.3 is 4.90 Å². The lowest BCUT2D eigenvalue weighted by Crippen LogP contribution is -2.37. The van der Waals surface area contributed by atoms with Crippen molar-refractivity contribution in [3.05, 3.63) is 58.9 Å². The molecule has 140 valence electrons. The monoisotopic (exact) mass is 371 g/mol. The molecule has 2 aromatic heterocycles. The fraction of sp³-hybridized carbons (Fsp3) is 0.368. The molecule has 0 spiro atoms. The van der Waals surface area contributed by atoms with Crippen LogP contribution in [0.25, 0.3) is 10.8 Å². The quantitative estimate of drug-likeness (QED) is 0.705. The Hall–Kier alpha value is -2.90. The molecule has 1 fully saturated rings. The molecule has 0 atom stereocenters. The predicted molar refractivity (Wildman–Crippen MR) is 97.9 cm³/mol. The smallest absolute Gasteiger partial charge is 0.280 e. The van der Waals surface area contributed by atoms with Crippen LogP contribution in [-0.4, -0.2) is 32.8 Å². The zero-order valence-corrected chi connectivity index (χ0v) is 14.6. The number of halogens is 2. The van der Waals surface area contributed by atoms with Crippen LogP contribution in [0.15, 0.2) is 47.7 Å². The van der Waals surface area contributed by atoms with Crippen molar-refractivity contribution in [2.75, 3.05) is 18.0 Å². The first-order chi connectivity index (χ1) is 13.1. The second-order valence-corrected chi connectivity index (χ2v) is 6.79. The molecule has 1 saturated heterocycles. The van der Waals surface area contributed by atoms with E-state index in [9.17, 15) is 13.6 Å². The molecule has 1 aromatic carbocycles. The minimum atomic E-state index is -2.72. The number of fused-ring (bicyclic) bond motifs is 1. The molecule has 0 unspecified atom stereocenters. The van der Waals surface area contributed by atoms with E-state index < -0.39 is 17.7 Å². The lowest BCUT2D eigenvalue weighted by Gasteiger charge is -2.33. The van der Waals surface area contributed by atoms with E-state index in [4.69, 9.17) is 0 Å². The number of benzene rings is 1. The second kappa shape index (κ2) is 7.38. The van der Waals surface area contributed by atoms with Gasteiger partial charge in [0.2, 0.25) is 0 Å². The molecule has 1 aliphatic heterocycles. The van der Waals surface area contributed by atoms with Gasteiger partial charge >= 0.3 is 0 Å². The van der Waals surface area contributed by atoms with Gasteiger partial charge in [-0.25, -0.2) is 13.8 Å².